The molecule has 0 aromatic heterocycles. The Morgan fingerprint density at radius 2 is 1.37 bits per heavy atom. The Morgan fingerprint density at radius 1 is 0.714 bits per heavy atom. The van der Waals surface area contributed by atoms with Crippen molar-refractivity contribution in [1.29, 1.82) is 0 Å². The van der Waals surface area contributed by atoms with Crippen molar-refractivity contribution in [3.05, 3.63) is 94.1 Å². The molecule has 1 nitrogen and oxygen atoms in total. The first-order chi connectivity index (χ1) is 16.9. The van der Waals surface area contributed by atoms with E-state index in [4.69, 9.17) is 4.74 Å². The van der Waals surface area contributed by atoms with E-state index in [9.17, 15) is 13.2 Å². The molecule has 0 amide bonds. The Morgan fingerprint density at radius 3 is 2.03 bits per heavy atom. The first-order valence-corrected chi connectivity index (χ1v) is 12.6. The number of hydrogen-bond donors (Lipinski definition) is 0. The molecule has 0 spiro atoms. The fourth-order valence-corrected chi connectivity index (χ4v) is 5.00. The molecule has 1 aliphatic carbocycles. The SMILES string of the molecule is CCCc1ccc(-c2ccc(C3CCC(OCc4ccc(CC)c(F)c4F)CC3)c(F)c2F)cc1. The van der Waals surface area contributed by atoms with Crippen LogP contribution in [0.25, 0.3) is 11.1 Å². The minimum atomic E-state index is -0.851. The molecule has 0 heterocycles. The number of halogens is 4. The van der Waals surface area contributed by atoms with Crippen molar-refractivity contribution in [2.24, 2.45) is 0 Å². The average Bonchev–Trinajstić information content (AvgIpc) is 2.88. The van der Waals surface area contributed by atoms with Crippen LogP contribution in [-0.2, 0) is 24.2 Å². The highest BCUT2D eigenvalue weighted by atomic mass is 19.2. The van der Waals surface area contributed by atoms with Gasteiger partial charge in [0.2, 0.25) is 0 Å². The van der Waals surface area contributed by atoms with Crippen LogP contribution in [0.2, 0.25) is 0 Å². The van der Waals surface area contributed by atoms with Crippen LogP contribution in [0.4, 0.5) is 17.6 Å². The molecular weight excluding hydrogens is 452 g/mol. The molecule has 35 heavy (non-hydrogen) atoms. The van der Waals surface area contributed by atoms with Crippen LogP contribution < -0.4 is 0 Å². The molecular formula is C30H32F4O. The zero-order valence-corrected chi connectivity index (χ0v) is 20.4. The summed E-state index contributed by atoms with van der Waals surface area (Å²) < 4.78 is 64.2. The summed E-state index contributed by atoms with van der Waals surface area (Å²) in [6.45, 7) is 3.88. The lowest BCUT2D eigenvalue weighted by atomic mass is 9.82. The number of aryl methyl sites for hydroxylation is 2. The predicted octanol–water partition coefficient (Wildman–Crippen LogP) is 8.67. The lowest BCUT2D eigenvalue weighted by molar-refractivity contribution is 0.0116. The highest BCUT2D eigenvalue weighted by Gasteiger charge is 2.27. The third kappa shape index (κ3) is 5.61. The van der Waals surface area contributed by atoms with Gasteiger partial charge < -0.3 is 4.74 Å². The molecule has 4 rings (SSSR count). The van der Waals surface area contributed by atoms with E-state index >= 15 is 4.39 Å². The van der Waals surface area contributed by atoms with Gasteiger partial charge in [-0.1, -0.05) is 68.8 Å². The van der Waals surface area contributed by atoms with Crippen LogP contribution in [0.15, 0.2) is 48.5 Å². The van der Waals surface area contributed by atoms with Crippen LogP contribution in [0.1, 0.15) is 74.1 Å². The Labute approximate surface area is 205 Å². The van der Waals surface area contributed by atoms with Gasteiger partial charge in [-0.25, -0.2) is 17.6 Å². The summed E-state index contributed by atoms with van der Waals surface area (Å²) in [5, 5.41) is 0. The molecule has 0 saturated heterocycles. The fourth-order valence-electron chi connectivity index (χ4n) is 5.00. The topological polar surface area (TPSA) is 9.23 Å². The van der Waals surface area contributed by atoms with Crippen molar-refractivity contribution in [3.8, 4) is 11.1 Å². The molecule has 186 valence electrons. The Bertz CT molecular complexity index is 1150. The molecule has 3 aromatic rings. The van der Waals surface area contributed by atoms with E-state index in [1.807, 2.05) is 24.3 Å². The maximum atomic E-state index is 15.1. The van der Waals surface area contributed by atoms with E-state index in [0.29, 0.717) is 48.8 Å². The monoisotopic (exact) mass is 484 g/mol. The second-order valence-corrected chi connectivity index (χ2v) is 9.43. The Kier molecular flexibility index (Phi) is 8.27. The van der Waals surface area contributed by atoms with Gasteiger partial charge in [0.05, 0.1) is 12.7 Å². The van der Waals surface area contributed by atoms with Crippen LogP contribution in [0.5, 0.6) is 0 Å². The van der Waals surface area contributed by atoms with Gasteiger partial charge in [-0.2, -0.15) is 0 Å². The van der Waals surface area contributed by atoms with Gasteiger partial charge in [0.1, 0.15) is 0 Å². The van der Waals surface area contributed by atoms with Gasteiger partial charge in [0, 0.05) is 11.1 Å². The average molecular weight is 485 g/mol. The predicted molar refractivity (Wildman–Crippen MR) is 131 cm³/mol. The van der Waals surface area contributed by atoms with Gasteiger partial charge in [-0.3, -0.25) is 0 Å². The van der Waals surface area contributed by atoms with E-state index in [1.54, 1.807) is 31.2 Å². The lowest BCUT2D eigenvalue weighted by Gasteiger charge is -2.29. The number of ether oxygens (including phenoxy) is 1. The molecule has 0 aliphatic heterocycles. The van der Waals surface area contributed by atoms with Gasteiger partial charge in [0.15, 0.2) is 23.3 Å². The fraction of sp³-hybridized carbons (Fsp3) is 0.400. The van der Waals surface area contributed by atoms with Crippen molar-refractivity contribution in [1.82, 2.24) is 0 Å². The number of hydrogen-bond acceptors (Lipinski definition) is 1. The molecule has 0 N–H and O–H groups in total. The Balaban J connectivity index is 1.38. The molecule has 1 aliphatic rings. The quantitative estimate of drug-likeness (QED) is 0.291. The number of rotatable bonds is 8. The zero-order chi connectivity index (χ0) is 24.9. The third-order valence-electron chi connectivity index (χ3n) is 7.13. The van der Waals surface area contributed by atoms with Crippen LogP contribution in [-0.4, -0.2) is 6.10 Å². The Hall–Kier alpha value is -2.66. The van der Waals surface area contributed by atoms with E-state index in [1.165, 1.54) is 5.56 Å². The van der Waals surface area contributed by atoms with Crippen LogP contribution in [0, 0.1) is 23.3 Å². The standard InChI is InChI=1S/C30H32F4O/c1-3-5-19-6-8-21(9-7-19)25-16-17-26(30(34)29(25)33)22-12-14-24(15-13-22)35-18-23-11-10-20(4-2)27(31)28(23)32/h6-11,16-17,22,24H,3-5,12-15,18H2,1-2H3. The lowest BCUT2D eigenvalue weighted by Crippen LogP contribution is -2.21. The van der Waals surface area contributed by atoms with E-state index in [-0.39, 0.29) is 29.8 Å². The molecule has 1 saturated carbocycles. The van der Waals surface area contributed by atoms with Crippen molar-refractivity contribution in [3.63, 3.8) is 0 Å². The number of benzene rings is 3. The molecule has 0 atom stereocenters. The summed E-state index contributed by atoms with van der Waals surface area (Å²) in [6, 6.07) is 14.1. The summed E-state index contributed by atoms with van der Waals surface area (Å²) in [4.78, 5) is 0. The summed E-state index contributed by atoms with van der Waals surface area (Å²) in [5.41, 5.74) is 3.07. The van der Waals surface area contributed by atoms with Gasteiger partial charge in [-0.05, 0) is 66.7 Å². The van der Waals surface area contributed by atoms with E-state index in [2.05, 4.69) is 6.92 Å². The highest BCUT2D eigenvalue weighted by molar-refractivity contribution is 5.65. The second kappa shape index (κ2) is 11.4. The van der Waals surface area contributed by atoms with Crippen molar-refractivity contribution < 1.29 is 22.3 Å². The van der Waals surface area contributed by atoms with E-state index in [0.717, 1.165) is 12.8 Å². The van der Waals surface area contributed by atoms with Gasteiger partial charge in [0.25, 0.3) is 0 Å². The van der Waals surface area contributed by atoms with Gasteiger partial charge in [-0.15, -0.1) is 0 Å². The molecule has 5 heteroatoms. The molecule has 0 unspecified atom stereocenters. The van der Waals surface area contributed by atoms with Gasteiger partial charge >= 0.3 is 0 Å². The molecule has 1 fully saturated rings. The summed E-state index contributed by atoms with van der Waals surface area (Å²) in [5.74, 6) is -3.34. The van der Waals surface area contributed by atoms with Crippen molar-refractivity contribution >= 4 is 0 Å². The smallest absolute Gasteiger partial charge is 0.166 e. The maximum Gasteiger partial charge on any atom is 0.166 e. The highest BCUT2D eigenvalue weighted by Crippen LogP contribution is 2.38. The first kappa shape index (κ1) is 25.4. The summed E-state index contributed by atoms with van der Waals surface area (Å²) in [6.07, 6.45) is 4.92. The second-order valence-electron chi connectivity index (χ2n) is 9.43. The minimum Gasteiger partial charge on any atom is -0.373 e. The molecule has 0 radical (unpaired) electrons. The third-order valence-corrected chi connectivity index (χ3v) is 7.13. The maximum absolute atomic E-state index is 15.1. The first-order valence-electron chi connectivity index (χ1n) is 12.6. The minimum absolute atomic E-state index is 0.00316. The molecule has 3 aromatic carbocycles. The summed E-state index contributed by atoms with van der Waals surface area (Å²) >= 11 is 0. The normalized spacial score (nSPS) is 18.1. The van der Waals surface area contributed by atoms with Crippen LogP contribution in [0.3, 0.4) is 0 Å². The van der Waals surface area contributed by atoms with Crippen LogP contribution >= 0.6 is 0 Å². The summed E-state index contributed by atoms with van der Waals surface area (Å²) in [7, 11) is 0. The largest absolute Gasteiger partial charge is 0.373 e. The van der Waals surface area contributed by atoms with E-state index < -0.39 is 23.3 Å². The molecule has 0 bridgehead atoms. The zero-order valence-electron chi connectivity index (χ0n) is 20.4. The van der Waals surface area contributed by atoms with Crippen molar-refractivity contribution in [2.75, 3.05) is 0 Å². The van der Waals surface area contributed by atoms with Crippen molar-refractivity contribution in [2.45, 2.75) is 77.4 Å².